The SMILES string of the molecule is C=CCOC(=O)O.C[Si](C)(C)CCOC(=O)O. The fraction of sp³-hybridized carbons (Fsp3) is 0.600. The zero-order valence-electron chi connectivity index (χ0n) is 10.4. The monoisotopic (exact) mass is 264 g/mol. The molecule has 0 aliphatic carbocycles. The molecule has 0 aromatic carbocycles. The van der Waals surface area contributed by atoms with Gasteiger partial charge in [0.2, 0.25) is 0 Å². The molecule has 0 heterocycles. The number of hydrogen-bond donors (Lipinski definition) is 2. The largest absolute Gasteiger partial charge is 0.506 e. The third-order valence-electron chi connectivity index (χ3n) is 1.40. The van der Waals surface area contributed by atoms with Gasteiger partial charge in [-0.25, -0.2) is 9.59 Å². The van der Waals surface area contributed by atoms with Crippen molar-refractivity contribution < 1.29 is 29.3 Å². The second-order valence-corrected chi connectivity index (χ2v) is 9.91. The molecule has 0 unspecified atom stereocenters. The summed E-state index contributed by atoms with van der Waals surface area (Å²) in [6, 6.07) is 0.902. The average Bonchev–Trinajstić information content (AvgIpc) is 2.12. The van der Waals surface area contributed by atoms with E-state index in [-0.39, 0.29) is 6.61 Å². The molecule has 0 amide bonds. The Labute approximate surface area is 102 Å². The third kappa shape index (κ3) is 25.1. The van der Waals surface area contributed by atoms with Crippen LogP contribution in [0.4, 0.5) is 9.59 Å². The highest BCUT2D eigenvalue weighted by Crippen LogP contribution is 2.07. The van der Waals surface area contributed by atoms with E-state index >= 15 is 0 Å². The van der Waals surface area contributed by atoms with Crippen molar-refractivity contribution in [3.05, 3.63) is 12.7 Å². The molecule has 0 fully saturated rings. The molecule has 2 N–H and O–H groups in total. The van der Waals surface area contributed by atoms with Gasteiger partial charge in [-0.3, -0.25) is 0 Å². The van der Waals surface area contributed by atoms with Gasteiger partial charge in [0.25, 0.3) is 0 Å². The van der Waals surface area contributed by atoms with E-state index in [1.807, 2.05) is 0 Å². The van der Waals surface area contributed by atoms with Crippen molar-refractivity contribution in [3.63, 3.8) is 0 Å². The summed E-state index contributed by atoms with van der Waals surface area (Å²) in [6.45, 7) is 10.2. The molecule has 0 saturated carbocycles. The molecule has 0 aliphatic rings. The Morgan fingerprint density at radius 3 is 1.88 bits per heavy atom. The van der Waals surface area contributed by atoms with Crippen LogP contribution in [0.2, 0.25) is 25.7 Å². The number of hydrogen-bond acceptors (Lipinski definition) is 4. The van der Waals surface area contributed by atoms with Crippen molar-refractivity contribution in [3.8, 4) is 0 Å². The van der Waals surface area contributed by atoms with Crippen molar-refractivity contribution in [1.82, 2.24) is 0 Å². The smallest absolute Gasteiger partial charge is 0.450 e. The summed E-state index contributed by atoms with van der Waals surface area (Å²) < 4.78 is 8.36. The lowest BCUT2D eigenvalue weighted by molar-refractivity contribution is 0.0960. The van der Waals surface area contributed by atoms with Crippen LogP contribution < -0.4 is 0 Å². The van der Waals surface area contributed by atoms with E-state index in [1.54, 1.807) is 0 Å². The number of rotatable bonds is 5. The van der Waals surface area contributed by atoms with Crippen LogP contribution in [0.3, 0.4) is 0 Å². The van der Waals surface area contributed by atoms with Crippen molar-refractivity contribution in [2.75, 3.05) is 13.2 Å². The molecule has 0 saturated heterocycles. The van der Waals surface area contributed by atoms with Crippen LogP contribution in [0.15, 0.2) is 12.7 Å². The molecule has 0 atom stereocenters. The molecule has 0 radical (unpaired) electrons. The fourth-order valence-electron chi connectivity index (χ4n) is 0.575. The molecule has 0 aromatic rings. The summed E-state index contributed by atoms with van der Waals surface area (Å²) in [6.07, 6.45) is -1.06. The van der Waals surface area contributed by atoms with E-state index in [0.29, 0.717) is 6.61 Å². The first-order valence-corrected chi connectivity index (χ1v) is 8.72. The Morgan fingerprint density at radius 1 is 1.18 bits per heavy atom. The molecular formula is C10H20O6Si. The standard InChI is InChI=1S/C6H14O3Si.C4H6O3/c1-10(2,3)5-4-9-6(7)8;1-2-3-7-4(5)6/h4-5H2,1-3H3,(H,7,8);2H,1,3H2,(H,5,6). The molecule has 6 nitrogen and oxygen atoms in total. The molecule has 17 heavy (non-hydrogen) atoms. The molecule has 0 rings (SSSR count). The van der Waals surface area contributed by atoms with Crippen molar-refractivity contribution >= 4 is 20.4 Å². The minimum Gasteiger partial charge on any atom is -0.450 e. The van der Waals surface area contributed by atoms with Crippen LogP contribution in [-0.4, -0.2) is 43.8 Å². The maximum absolute atomic E-state index is 9.88. The first kappa shape index (κ1) is 17.9. The number of carbonyl (C=O) groups is 2. The van der Waals surface area contributed by atoms with E-state index in [9.17, 15) is 9.59 Å². The quantitative estimate of drug-likeness (QED) is 0.450. The average molecular weight is 264 g/mol. The topological polar surface area (TPSA) is 93.1 Å². The lowest BCUT2D eigenvalue weighted by Crippen LogP contribution is -2.22. The second-order valence-electron chi connectivity index (χ2n) is 4.29. The minimum absolute atomic E-state index is 0.0648. The first-order chi connectivity index (χ1) is 7.69. The summed E-state index contributed by atoms with van der Waals surface area (Å²) in [5.41, 5.74) is 0. The Kier molecular flexibility index (Phi) is 10.2. The van der Waals surface area contributed by atoms with Crippen molar-refractivity contribution in [2.24, 2.45) is 0 Å². The van der Waals surface area contributed by atoms with Crippen LogP contribution in [0.25, 0.3) is 0 Å². The fourth-order valence-corrected chi connectivity index (χ4v) is 1.29. The van der Waals surface area contributed by atoms with Crippen LogP contribution in [0, 0.1) is 0 Å². The summed E-state index contributed by atoms with van der Waals surface area (Å²) in [7, 11) is -1.11. The number of carboxylic acid groups (broad SMARTS) is 2. The molecule has 7 heteroatoms. The lowest BCUT2D eigenvalue weighted by Gasteiger charge is -2.13. The van der Waals surface area contributed by atoms with Gasteiger partial charge in [-0.2, -0.15) is 0 Å². The van der Waals surface area contributed by atoms with Crippen LogP contribution in [0.5, 0.6) is 0 Å². The van der Waals surface area contributed by atoms with E-state index < -0.39 is 20.4 Å². The van der Waals surface area contributed by atoms with Gasteiger partial charge < -0.3 is 19.7 Å². The first-order valence-electron chi connectivity index (χ1n) is 5.01. The molecule has 0 aromatic heterocycles. The maximum Gasteiger partial charge on any atom is 0.506 e. The Hall–Kier alpha value is -1.50. The zero-order valence-corrected chi connectivity index (χ0v) is 11.4. The lowest BCUT2D eigenvalue weighted by atomic mass is 10.7. The van der Waals surface area contributed by atoms with Crippen molar-refractivity contribution in [2.45, 2.75) is 25.7 Å². The summed E-state index contributed by atoms with van der Waals surface area (Å²) in [4.78, 5) is 19.4. The highest BCUT2D eigenvalue weighted by atomic mass is 28.3. The van der Waals surface area contributed by atoms with Crippen LogP contribution in [0.1, 0.15) is 0 Å². The molecule has 0 bridgehead atoms. The second kappa shape index (κ2) is 9.70. The van der Waals surface area contributed by atoms with Crippen molar-refractivity contribution in [1.29, 1.82) is 0 Å². The molecule has 0 spiro atoms. The van der Waals surface area contributed by atoms with Gasteiger partial charge in [0.1, 0.15) is 6.61 Å². The van der Waals surface area contributed by atoms with Gasteiger partial charge >= 0.3 is 12.3 Å². The number of ether oxygens (including phenoxy) is 2. The van der Waals surface area contributed by atoms with Gasteiger partial charge in [0, 0.05) is 8.07 Å². The molecular weight excluding hydrogens is 244 g/mol. The highest BCUT2D eigenvalue weighted by Gasteiger charge is 2.12. The summed E-state index contributed by atoms with van der Waals surface area (Å²) in [5, 5.41) is 15.9. The Bertz CT molecular complexity index is 246. The highest BCUT2D eigenvalue weighted by molar-refractivity contribution is 6.76. The van der Waals surface area contributed by atoms with Gasteiger partial charge in [0.15, 0.2) is 0 Å². The van der Waals surface area contributed by atoms with E-state index in [4.69, 9.17) is 10.2 Å². The predicted molar refractivity (Wildman–Crippen MR) is 66.3 cm³/mol. The normalized spacial score (nSPS) is 9.59. The summed E-state index contributed by atoms with van der Waals surface area (Å²) in [5.74, 6) is 0. The molecule has 0 aliphatic heterocycles. The minimum atomic E-state index is -1.26. The van der Waals surface area contributed by atoms with Gasteiger partial charge in [-0.1, -0.05) is 32.3 Å². The third-order valence-corrected chi connectivity index (χ3v) is 3.11. The van der Waals surface area contributed by atoms with E-state index in [0.717, 1.165) is 6.04 Å². The van der Waals surface area contributed by atoms with Gasteiger partial charge in [-0.05, 0) is 6.04 Å². The van der Waals surface area contributed by atoms with Gasteiger partial charge in [0.05, 0.1) is 6.61 Å². The molecule has 100 valence electrons. The zero-order chi connectivity index (χ0) is 13.9. The van der Waals surface area contributed by atoms with E-state index in [1.165, 1.54) is 6.08 Å². The van der Waals surface area contributed by atoms with Gasteiger partial charge in [-0.15, -0.1) is 0 Å². The van der Waals surface area contributed by atoms with E-state index in [2.05, 4.69) is 35.7 Å². The Morgan fingerprint density at radius 2 is 1.65 bits per heavy atom. The predicted octanol–water partition coefficient (Wildman–Crippen LogP) is 2.89. The van der Waals surface area contributed by atoms with Crippen LogP contribution in [-0.2, 0) is 9.47 Å². The Balaban J connectivity index is 0. The maximum atomic E-state index is 9.88. The summed E-state index contributed by atoms with van der Waals surface area (Å²) >= 11 is 0. The van der Waals surface area contributed by atoms with Crippen LogP contribution >= 0.6 is 0 Å².